The number of aliphatic hydroxyl groups is 2. The van der Waals surface area contributed by atoms with Crippen molar-refractivity contribution in [3.05, 3.63) is 12.3 Å². The molecule has 0 saturated carbocycles. The van der Waals surface area contributed by atoms with Crippen LogP contribution in [0.25, 0.3) is 0 Å². The van der Waals surface area contributed by atoms with E-state index in [2.05, 4.69) is 0 Å². The summed E-state index contributed by atoms with van der Waals surface area (Å²) >= 11 is 0. The Labute approximate surface area is 109 Å². The van der Waals surface area contributed by atoms with Crippen molar-refractivity contribution >= 4 is 11.7 Å². The molecule has 4 atom stereocenters. The highest BCUT2D eigenvalue weighted by molar-refractivity contribution is 6.06. The quantitative estimate of drug-likeness (QED) is 0.595. The molecule has 0 aromatic carbocycles. The van der Waals surface area contributed by atoms with Crippen molar-refractivity contribution in [2.75, 3.05) is 13.2 Å². The first-order chi connectivity index (χ1) is 9.07. The van der Waals surface area contributed by atoms with E-state index in [0.717, 1.165) is 0 Å². The van der Waals surface area contributed by atoms with Gasteiger partial charge in [0.1, 0.15) is 17.8 Å². The van der Waals surface area contributed by atoms with Crippen LogP contribution < -0.4 is 0 Å². The zero-order valence-electron chi connectivity index (χ0n) is 10.2. The largest absolute Gasteiger partial charge is 0.393 e. The summed E-state index contributed by atoms with van der Waals surface area (Å²) in [6.45, 7) is 0.118. The molecule has 3 heterocycles. The summed E-state index contributed by atoms with van der Waals surface area (Å²) in [4.78, 5) is 24.1. The van der Waals surface area contributed by atoms with Crippen LogP contribution in [0.4, 0.5) is 0 Å². The molecule has 3 aliphatic heterocycles. The number of nitrogens with zero attached hydrogens (tertiary/aromatic N) is 1. The molecule has 104 valence electrons. The molecular weight excluding hydrogens is 254 g/mol. The third kappa shape index (κ3) is 1.81. The number of ketones is 1. The van der Waals surface area contributed by atoms with Crippen LogP contribution in [0.3, 0.4) is 0 Å². The first kappa shape index (κ1) is 12.7. The molecule has 0 spiro atoms. The van der Waals surface area contributed by atoms with Crippen LogP contribution in [-0.2, 0) is 19.1 Å². The number of allylic oxidation sites excluding steroid dienone is 1. The fraction of sp³-hybridized carbons (Fsp3) is 0.667. The minimum Gasteiger partial charge on any atom is -0.393 e. The SMILES string of the molecule is O=C1C=CN([C@@H]2OC3(CO)CCOC3C2O)C(=O)C1. The molecule has 2 N–H and O–H groups in total. The molecule has 0 bridgehead atoms. The molecule has 3 unspecified atom stereocenters. The van der Waals surface area contributed by atoms with Crippen LogP contribution in [0.2, 0.25) is 0 Å². The average Bonchev–Trinajstić information content (AvgIpc) is 2.90. The lowest BCUT2D eigenvalue weighted by atomic mass is 9.95. The van der Waals surface area contributed by atoms with Gasteiger partial charge in [-0.2, -0.15) is 0 Å². The number of rotatable bonds is 2. The summed E-state index contributed by atoms with van der Waals surface area (Å²) in [5, 5.41) is 19.7. The summed E-state index contributed by atoms with van der Waals surface area (Å²) < 4.78 is 11.1. The predicted octanol–water partition coefficient (Wildman–Crippen LogP) is -1.46. The molecule has 0 aromatic rings. The highest BCUT2D eigenvalue weighted by Gasteiger charge is 2.60. The smallest absolute Gasteiger partial charge is 0.236 e. The number of aliphatic hydroxyl groups excluding tert-OH is 2. The predicted molar refractivity (Wildman–Crippen MR) is 60.7 cm³/mol. The third-order valence-electron chi connectivity index (χ3n) is 3.88. The number of carbonyl (C=O) groups excluding carboxylic acids is 2. The number of ether oxygens (including phenoxy) is 2. The van der Waals surface area contributed by atoms with Crippen LogP contribution in [0.15, 0.2) is 12.3 Å². The maximum atomic E-state index is 11.8. The first-order valence-corrected chi connectivity index (χ1v) is 6.18. The molecule has 2 fully saturated rings. The number of hydrogen-bond acceptors (Lipinski definition) is 6. The van der Waals surface area contributed by atoms with Crippen molar-refractivity contribution in [1.29, 1.82) is 0 Å². The third-order valence-corrected chi connectivity index (χ3v) is 3.88. The molecule has 19 heavy (non-hydrogen) atoms. The average molecular weight is 269 g/mol. The second kappa shape index (κ2) is 4.38. The van der Waals surface area contributed by atoms with E-state index in [0.29, 0.717) is 13.0 Å². The van der Waals surface area contributed by atoms with Gasteiger partial charge >= 0.3 is 0 Å². The van der Waals surface area contributed by atoms with Crippen molar-refractivity contribution in [1.82, 2.24) is 4.90 Å². The van der Waals surface area contributed by atoms with Crippen LogP contribution in [0.1, 0.15) is 12.8 Å². The summed E-state index contributed by atoms with van der Waals surface area (Å²) in [6.07, 6.45) is 0.200. The molecule has 3 aliphatic rings. The highest BCUT2D eigenvalue weighted by Crippen LogP contribution is 2.41. The van der Waals surface area contributed by atoms with Gasteiger partial charge in [-0.05, 0) is 6.08 Å². The molecule has 3 rings (SSSR count). The zero-order chi connectivity index (χ0) is 13.6. The molecule has 7 nitrogen and oxygen atoms in total. The lowest BCUT2D eigenvalue weighted by molar-refractivity contribution is -0.158. The molecule has 0 aromatic heterocycles. The van der Waals surface area contributed by atoms with Crippen LogP contribution in [0.5, 0.6) is 0 Å². The van der Waals surface area contributed by atoms with Crippen molar-refractivity contribution < 1.29 is 29.3 Å². The van der Waals surface area contributed by atoms with E-state index < -0.39 is 29.9 Å². The Balaban J connectivity index is 1.85. The van der Waals surface area contributed by atoms with Crippen LogP contribution in [0, 0.1) is 0 Å². The fourth-order valence-electron chi connectivity index (χ4n) is 2.85. The monoisotopic (exact) mass is 269 g/mol. The topological polar surface area (TPSA) is 96.3 Å². The van der Waals surface area contributed by atoms with Crippen molar-refractivity contribution in [3.63, 3.8) is 0 Å². The van der Waals surface area contributed by atoms with Crippen LogP contribution in [-0.4, -0.2) is 64.1 Å². The molecule has 2 saturated heterocycles. The summed E-state index contributed by atoms with van der Waals surface area (Å²) in [5.41, 5.74) is -0.959. The minimum absolute atomic E-state index is 0.235. The lowest BCUT2D eigenvalue weighted by Crippen LogP contribution is -2.46. The lowest BCUT2D eigenvalue weighted by Gasteiger charge is -2.30. The van der Waals surface area contributed by atoms with Gasteiger partial charge < -0.3 is 19.7 Å². The zero-order valence-corrected chi connectivity index (χ0v) is 10.2. The Kier molecular flexibility index (Phi) is 2.94. The Morgan fingerprint density at radius 2 is 2.26 bits per heavy atom. The van der Waals surface area contributed by atoms with Gasteiger partial charge in [-0.3, -0.25) is 14.5 Å². The number of carbonyl (C=O) groups is 2. The van der Waals surface area contributed by atoms with E-state index >= 15 is 0 Å². The van der Waals surface area contributed by atoms with E-state index in [9.17, 15) is 19.8 Å². The minimum atomic E-state index is -1.04. The van der Waals surface area contributed by atoms with Gasteiger partial charge in [0.05, 0.1) is 19.6 Å². The first-order valence-electron chi connectivity index (χ1n) is 6.18. The van der Waals surface area contributed by atoms with Gasteiger partial charge in [-0.25, -0.2) is 0 Å². The Bertz CT molecular complexity index is 450. The van der Waals surface area contributed by atoms with Crippen LogP contribution >= 0.6 is 0 Å². The number of amides is 1. The van der Waals surface area contributed by atoms with Gasteiger partial charge in [0.25, 0.3) is 0 Å². The number of hydrogen-bond donors (Lipinski definition) is 2. The normalized spacial score (nSPS) is 42.0. The van der Waals surface area contributed by atoms with E-state index in [-0.39, 0.29) is 18.8 Å². The molecule has 0 aliphatic carbocycles. The standard InChI is InChI=1S/C12H15NO6/c14-6-12-2-4-18-10(12)9(17)11(19-12)13-3-1-7(15)5-8(13)16/h1,3,9-11,14,17H,2,4-6H2/t9?,10?,11-,12?/m1/s1. The fourth-order valence-corrected chi connectivity index (χ4v) is 2.85. The van der Waals surface area contributed by atoms with E-state index in [1.165, 1.54) is 17.2 Å². The molecule has 7 heteroatoms. The number of fused-ring (bicyclic) bond motifs is 1. The summed E-state index contributed by atoms with van der Waals surface area (Å²) in [5.74, 6) is -0.702. The van der Waals surface area contributed by atoms with Gasteiger partial charge in [-0.15, -0.1) is 0 Å². The molecular formula is C12H15NO6. The van der Waals surface area contributed by atoms with Crippen molar-refractivity contribution in [2.24, 2.45) is 0 Å². The van der Waals surface area contributed by atoms with Crippen molar-refractivity contribution in [3.8, 4) is 0 Å². The van der Waals surface area contributed by atoms with E-state index in [1.807, 2.05) is 0 Å². The summed E-state index contributed by atoms with van der Waals surface area (Å²) in [7, 11) is 0. The van der Waals surface area contributed by atoms with Gasteiger partial charge in [0, 0.05) is 12.6 Å². The highest BCUT2D eigenvalue weighted by atomic mass is 16.6. The van der Waals surface area contributed by atoms with Gasteiger partial charge in [-0.1, -0.05) is 0 Å². The van der Waals surface area contributed by atoms with E-state index in [4.69, 9.17) is 9.47 Å². The molecule has 1 amide bonds. The Hall–Kier alpha value is -1.28. The maximum Gasteiger partial charge on any atom is 0.236 e. The summed E-state index contributed by atoms with van der Waals surface area (Å²) in [6, 6.07) is 0. The van der Waals surface area contributed by atoms with E-state index in [1.54, 1.807) is 0 Å². The van der Waals surface area contributed by atoms with Crippen molar-refractivity contribution in [2.45, 2.75) is 36.9 Å². The maximum absolute atomic E-state index is 11.8. The van der Waals surface area contributed by atoms with Gasteiger partial charge in [0.15, 0.2) is 12.0 Å². The second-order valence-corrected chi connectivity index (χ2v) is 5.02. The van der Waals surface area contributed by atoms with Gasteiger partial charge in [0.2, 0.25) is 5.91 Å². The second-order valence-electron chi connectivity index (χ2n) is 5.02. The molecule has 0 radical (unpaired) electrons. The Morgan fingerprint density at radius 1 is 1.47 bits per heavy atom. The Morgan fingerprint density at radius 3 is 2.89 bits per heavy atom.